The summed E-state index contributed by atoms with van der Waals surface area (Å²) in [6, 6.07) is -0.714. The van der Waals surface area contributed by atoms with E-state index in [0.29, 0.717) is 18.7 Å². The molecule has 6 heteroatoms. The summed E-state index contributed by atoms with van der Waals surface area (Å²) in [5.74, 6) is -0.554. The third kappa shape index (κ3) is 6.94. The fourth-order valence-corrected chi connectivity index (χ4v) is 0.954. The third-order valence-corrected chi connectivity index (χ3v) is 1.83. The largest absolute Gasteiger partial charge is 0.468 e. The quantitative estimate of drug-likeness (QED) is 0.395. The van der Waals surface area contributed by atoms with Crippen molar-refractivity contribution >= 4 is 11.8 Å². The summed E-state index contributed by atoms with van der Waals surface area (Å²) in [7, 11) is 1.26. The number of nitrogens with zero attached hydrogens (tertiary/aromatic N) is 1. The highest BCUT2D eigenvalue weighted by Gasteiger charge is 2.11. The first-order chi connectivity index (χ1) is 7.47. The molecule has 92 valence electrons. The molecule has 0 aromatic rings. The Morgan fingerprint density at radius 2 is 2.25 bits per heavy atom. The van der Waals surface area contributed by atoms with E-state index < -0.39 is 12.0 Å². The maximum atomic E-state index is 13.0. The lowest BCUT2D eigenvalue weighted by Crippen LogP contribution is -2.31. The van der Waals surface area contributed by atoms with Gasteiger partial charge in [0.1, 0.15) is 11.9 Å². The van der Waals surface area contributed by atoms with Crippen LogP contribution in [-0.2, 0) is 9.53 Å². The van der Waals surface area contributed by atoms with Gasteiger partial charge in [0.15, 0.2) is 0 Å². The monoisotopic (exact) mass is 231 g/mol. The smallest absolute Gasteiger partial charge is 0.322 e. The molecule has 0 aliphatic rings. The van der Waals surface area contributed by atoms with E-state index >= 15 is 0 Å². The number of allylic oxidation sites excluding steroid dienone is 1. The number of esters is 1. The van der Waals surface area contributed by atoms with Crippen molar-refractivity contribution in [3.63, 3.8) is 0 Å². The van der Waals surface area contributed by atoms with Crippen LogP contribution >= 0.6 is 0 Å². The van der Waals surface area contributed by atoms with Gasteiger partial charge in [0.25, 0.3) is 0 Å². The Labute approximate surface area is 94.3 Å². The second-order valence-corrected chi connectivity index (χ2v) is 3.32. The van der Waals surface area contributed by atoms with Crippen LogP contribution in [0.3, 0.4) is 0 Å². The predicted octanol–water partition coefficient (Wildman–Crippen LogP) is 0.497. The Balaban J connectivity index is 3.91. The minimum Gasteiger partial charge on any atom is -0.468 e. The van der Waals surface area contributed by atoms with Crippen LogP contribution in [0.2, 0.25) is 0 Å². The zero-order chi connectivity index (χ0) is 12.6. The predicted molar refractivity (Wildman–Crippen MR) is 60.6 cm³/mol. The summed E-state index contributed by atoms with van der Waals surface area (Å²) < 4.78 is 17.5. The highest BCUT2D eigenvalue weighted by molar-refractivity contribution is 5.77. The van der Waals surface area contributed by atoms with Gasteiger partial charge in [-0.05, 0) is 19.8 Å². The van der Waals surface area contributed by atoms with E-state index in [-0.39, 0.29) is 12.4 Å². The number of nitrogens with two attached hydrogens (primary N) is 2. The van der Waals surface area contributed by atoms with Crippen LogP contribution in [0.15, 0.2) is 16.9 Å². The minimum absolute atomic E-state index is 0.0736. The first kappa shape index (κ1) is 14.6. The average Bonchev–Trinajstić information content (AvgIpc) is 2.24. The number of carbonyl (C=O) groups is 1. The first-order valence-electron chi connectivity index (χ1n) is 4.91. The van der Waals surface area contributed by atoms with Gasteiger partial charge in [0, 0.05) is 0 Å². The summed E-state index contributed by atoms with van der Waals surface area (Å²) in [5.41, 5.74) is 10.7. The number of carbonyl (C=O) groups excluding carboxylic acids is 1. The highest BCUT2D eigenvalue weighted by Crippen LogP contribution is 2.04. The van der Waals surface area contributed by atoms with Crippen molar-refractivity contribution in [1.29, 1.82) is 0 Å². The maximum Gasteiger partial charge on any atom is 0.322 e. The molecule has 5 nitrogen and oxygen atoms in total. The van der Waals surface area contributed by atoms with Crippen molar-refractivity contribution in [2.45, 2.75) is 25.8 Å². The van der Waals surface area contributed by atoms with Gasteiger partial charge < -0.3 is 16.2 Å². The molecule has 0 radical (unpaired) electrons. The topological polar surface area (TPSA) is 90.7 Å². The Hall–Kier alpha value is -1.43. The van der Waals surface area contributed by atoms with Crippen LogP contribution in [0, 0.1) is 0 Å². The number of ether oxygens (including phenoxy) is 1. The second kappa shape index (κ2) is 7.81. The summed E-state index contributed by atoms with van der Waals surface area (Å²) in [6.45, 7) is 1.51. The number of amidine groups is 1. The fourth-order valence-electron chi connectivity index (χ4n) is 0.954. The number of rotatable bonds is 6. The standard InChI is InChI=1S/C10H18FN3O2/c1-7(12)14-6-8(11)4-3-5-9(13)10(15)16-2/h4,9H,3,5-6,13H2,1-2H3,(H2,12,14)/b8-4+. The lowest BCUT2D eigenvalue weighted by atomic mass is 10.1. The van der Waals surface area contributed by atoms with Gasteiger partial charge in [-0.2, -0.15) is 0 Å². The number of hydrogen-bond acceptors (Lipinski definition) is 4. The fraction of sp³-hybridized carbons (Fsp3) is 0.600. The van der Waals surface area contributed by atoms with E-state index in [9.17, 15) is 9.18 Å². The van der Waals surface area contributed by atoms with Crippen LogP contribution in [0.4, 0.5) is 4.39 Å². The van der Waals surface area contributed by atoms with Crippen molar-refractivity contribution in [3.05, 3.63) is 11.9 Å². The Morgan fingerprint density at radius 3 is 2.75 bits per heavy atom. The molecule has 0 saturated carbocycles. The molecule has 0 bridgehead atoms. The molecule has 0 heterocycles. The number of methoxy groups -OCH3 is 1. The normalized spacial score (nSPS) is 14.8. The zero-order valence-corrected chi connectivity index (χ0v) is 9.57. The Morgan fingerprint density at radius 1 is 1.62 bits per heavy atom. The zero-order valence-electron chi connectivity index (χ0n) is 9.57. The van der Waals surface area contributed by atoms with E-state index in [4.69, 9.17) is 11.5 Å². The highest BCUT2D eigenvalue weighted by atomic mass is 19.1. The molecular weight excluding hydrogens is 213 g/mol. The first-order valence-corrected chi connectivity index (χ1v) is 4.91. The van der Waals surface area contributed by atoms with Crippen molar-refractivity contribution in [2.24, 2.45) is 16.5 Å². The molecule has 16 heavy (non-hydrogen) atoms. The van der Waals surface area contributed by atoms with Gasteiger partial charge in [-0.25, -0.2) is 4.39 Å². The van der Waals surface area contributed by atoms with E-state index in [1.54, 1.807) is 6.92 Å². The van der Waals surface area contributed by atoms with Crippen LogP contribution in [0.1, 0.15) is 19.8 Å². The van der Waals surface area contributed by atoms with Gasteiger partial charge in [-0.3, -0.25) is 9.79 Å². The average molecular weight is 231 g/mol. The van der Waals surface area contributed by atoms with Gasteiger partial charge >= 0.3 is 5.97 Å². The molecular formula is C10H18FN3O2. The molecule has 1 unspecified atom stereocenters. The molecule has 0 spiro atoms. The van der Waals surface area contributed by atoms with Crippen LogP contribution in [-0.4, -0.2) is 31.5 Å². The van der Waals surface area contributed by atoms with Crippen LogP contribution in [0.25, 0.3) is 0 Å². The molecule has 0 amide bonds. The number of hydrogen-bond donors (Lipinski definition) is 2. The molecule has 0 aliphatic heterocycles. The maximum absolute atomic E-state index is 13.0. The minimum atomic E-state index is -0.714. The van der Waals surface area contributed by atoms with E-state index in [2.05, 4.69) is 9.73 Å². The van der Waals surface area contributed by atoms with Crippen molar-refractivity contribution < 1.29 is 13.9 Å². The lowest BCUT2D eigenvalue weighted by Gasteiger charge is -2.06. The number of aliphatic imine (C=N–C) groups is 1. The Bertz CT molecular complexity index is 286. The molecule has 0 rings (SSSR count). The van der Waals surface area contributed by atoms with Crippen LogP contribution in [0.5, 0.6) is 0 Å². The van der Waals surface area contributed by atoms with Crippen molar-refractivity contribution in [1.82, 2.24) is 0 Å². The molecule has 0 fully saturated rings. The molecule has 0 aromatic heterocycles. The summed E-state index contributed by atoms with van der Waals surface area (Å²) >= 11 is 0. The molecule has 0 saturated heterocycles. The van der Waals surface area contributed by atoms with Crippen LogP contribution < -0.4 is 11.5 Å². The van der Waals surface area contributed by atoms with E-state index in [1.165, 1.54) is 13.2 Å². The Kier molecular flexibility index (Phi) is 7.11. The summed E-state index contributed by atoms with van der Waals surface area (Å²) in [5, 5.41) is 0. The molecule has 0 aromatic carbocycles. The SMILES string of the molecule is COC(=O)C(N)CC/C=C(/F)CN=C(C)N. The van der Waals surface area contributed by atoms with E-state index in [0.717, 1.165) is 0 Å². The molecule has 1 atom stereocenters. The van der Waals surface area contributed by atoms with Crippen molar-refractivity contribution in [2.75, 3.05) is 13.7 Å². The summed E-state index contributed by atoms with van der Waals surface area (Å²) in [4.78, 5) is 14.6. The van der Waals surface area contributed by atoms with Gasteiger partial charge in [0.2, 0.25) is 0 Å². The van der Waals surface area contributed by atoms with Crippen molar-refractivity contribution in [3.8, 4) is 0 Å². The van der Waals surface area contributed by atoms with Gasteiger partial charge in [-0.15, -0.1) is 0 Å². The second-order valence-electron chi connectivity index (χ2n) is 3.32. The molecule has 0 aliphatic carbocycles. The number of halogens is 1. The van der Waals surface area contributed by atoms with E-state index in [1.807, 2.05) is 0 Å². The summed E-state index contributed by atoms with van der Waals surface area (Å²) in [6.07, 6.45) is 2.04. The molecule has 4 N–H and O–H groups in total. The third-order valence-electron chi connectivity index (χ3n) is 1.83. The van der Waals surface area contributed by atoms with Gasteiger partial charge in [-0.1, -0.05) is 6.08 Å². The van der Waals surface area contributed by atoms with Gasteiger partial charge in [0.05, 0.1) is 19.5 Å². The lowest BCUT2D eigenvalue weighted by molar-refractivity contribution is -0.142.